The third-order valence-electron chi connectivity index (χ3n) is 4.81. The zero-order chi connectivity index (χ0) is 23.3. The molecule has 3 rings (SSSR count). The minimum absolute atomic E-state index is 0.161. The van der Waals surface area contributed by atoms with Crippen molar-refractivity contribution in [2.75, 3.05) is 29.5 Å². The molecule has 0 bridgehead atoms. The van der Waals surface area contributed by atoms with Crippen LogP contribution in [0.5, 0.6) is 5.75 Å². The summed E-state index contributed by atoms with van der Waals surface area (Å²) in [6.45, 7) is 4.00. The molecule has 0 aliphatic heterocycles. The molecule has 0 fully saturated rings. The van der Waals surface area contributed by atoms with Crippen molar-refractivity contribution in [3.63, 3.8) is 0 Å². The van der Waals surface area contributed by atoms with Crippen molar-refractivity contribution in [3.05, 3.63) is 53.6 Å². The maximum atomic E-state index is 12.4. The van der Waals surface area contributed by atoms with Crippen LogP contribution in [0.1, 0.15) is 24.0 Å². The number of rotatable bonds is 9. The topological polar surface area (TPSA) is 101 Å². The van der Waals surface area contributed by atoms with Crippen LogP contribution in [0, 0.1) is 13.8 Å². The van der Waals surface area contributed by atoms with E-state index in [0.717, 1.165) is 22.4 Å². The first kappa shape index (κ1) is 23.7. The van der Waals surface area contributed by atoms with Gasteiger partial charge in [-0.25, -0.2) is 8.42 Å². The molecule has 0 aliphatic rings. The van der Waals surface area contributed by atoms with E-state index in [1.165, 1.54) is 21.9 Å². The van der Waals surface area contributed by atoms with Gasteiger partial charge < -0.3 is 10.1 Å². The van der Waals surface area contributed by atoms with Crippen molar-refractivity contribution in [2.24, 2.45) is 0 Å². The van der Waals surface area contributed by atoms with Crippen LogP contribution >= 0.6 is 11.3 Å². The fourth-order valence-electron chi connectivity index (χ4n) is 3.14. The quantitative estimate of drug-likeness (QED) is 0.503. The minimum Gasteiger partial charge on any atom is -0.497 e. The van der Waals surface area contributed by atoms with Crippen molar-refractivity contribution in [2.45, 2.75) is 26.7 Å². The summed E-state index contributed by atoms with van der Waals surface area (Å²) in [7, 11) is -1.87. The number of benzene rings is 2. The normalized spacial score (nSPS) is 11.2. The van der Waals surface area contributed by atoms with Gasteiger partial charge in [-0.1, -0.05) is 23.5 Å². The Hall–Kier alpha value is -2.98. The SMILES string of the molecule is COc1ccc(-c2nnc(NC(=O)CCCN(c3cc(C)ccc3C)S(C)(=O)=O)s2)cc1. The molecule has 32 heavy (non-hydrogen) atoms. The van der Waals surface area contributed by atoms with Crippen LogP contribution in [0.3, 0.4) is 0 Å². The van der Waals surface area contributed by atoms with Gasteiger partial charge in [-0.15, -0.1) is 10.2 Å². The van der Waals surface area contributed by atoms with Crippen LogP contribution in [0.15, 0.2) is 42.5 Å². The molecule has 1 amide bonds. The Morgan fingerprint density at radius 1 is 1.12 bits per heavy atom. The number of amides is 1. The van der Waals surface area contributed by atoms with Crippen LogP contribution in [-0.2, 0) is 14.8 Å². The molecular formula is C22H26N4O4S2. The van der Waals surface area contributed by atoms with Crippen molar-refractivity contribution in [3.8, 4) is 16.3 Å². The average molecular weight is 475 g/mol. The summed E-state index contributed by atoms with van der Waals surface area (Å²) < 4.78 is 31.2. The molecule has 0 spiro atoms. The maximum Gasteiger partial charge on any atom is 0.232 e. The highest BCUT2D eigenvalue weighted by Crippen LogP contribution is 2.28. The highest BCUT2D eigenvalue weighted by Gasteiger charge is 2.20. The van der Waals surface area contributed by atoms with Crippen molar-refractivity contribution < 1.29 is 17.9 Å². The minimum atomic E-state index is -3.47. The smallest absolute Gasteiger partial charge is 0.232 e. The van der Waals surface area contributed by atoms with E-state index >= 15 is 0 Å². The van der Waals surface area contributed by atoms with Gasteiger partial charge >= 0.3 is 0 Å². The van der Waals surface area contributed by atoms with E-state index in [1.54, 1.807) is 7.11 Å². The van der Waals surface area contributed by atoms with Gasteiger partial charge in [-0.05, 0) is 61.7 Å². The zero-order valence-corrected chi connectivity index (χ0v) is 20.1. The first-order valence-corrected chi connectivity index (χ1v) is 12.7. The number of hydrogen-bond donors (Lipinski definition) is 1. The maximum absolute atomic E-state index is 12.4. The lowest BCUT2D eigenvalue weighted by atomic mass is 10.1. The Morgan fingerprint density at radius 2 is 1.84 bits per heavy atom. The van der Waals surface area contributed by atoms with Gasteiger partial charge in [0.1, 0.15) is 10.8 Å². The number of carbonyl (C=O) groups is 1. The van der Waals surface area contributed by atoms with E-state index in [0.29, 0.717) is 22.2 Å². The first-order valence-electron chi connectivity index (χ1n) is 10.00. The predicted molar refractivity (Wildman–Crippen MR) is 128 cm³/mol. The standard InChI is InChI=1S/C22H26N4O4S2/c1-15-7-8-16(2)19(14-15)26(32(4,28)29)13-5-6-20(27)23-22-25-24-21(31-22)17-9-11-18(30-3)12-10-17/h7-12,14H,5-6,13H2,1-4H3,(H,23,25,27). The van der Waals surface area contributed by atoms with E-state index in [-0.39, 0.29) is 18.9 Å². The number of aromatic nitrogens is 2. The molecule has 0 radical (unpaired) electrons. The highest BCUT2D eigenvalue weighted by atomic mass is 32.2. The van der Waals surface area contributed by atoms with E-state index in [2.05, 4.69) is 15.5 Å². The number of nitrogens with one attached hydrogen (secondary N) is 1. The average Bonchev–Trinajstić information content (AvgIpc) is 3.21. The summed E-state index contributed by atoms with van der Waals surface area (Å²) in [5.41, 5.74) is 3.36. The lowest BCUT2D eigenvalue weighted by Gasteiger charge is -2.24. The van der Waals surface area contributed by atoms with Crippen molar-refractivity contribution >= 4 is 38.1 Å². The molecule has 0 saturated heterocycles. The fraction of sp³-hybridized carbons (Fsp3) is 0.318. The monoisotopic (exact) mass is 474 g/mol. The molecule has 2 aromatic carbocycles. The molecular weight excluding hydrogens is 448 g/mol. The van der Waals surface area contributed by atoms with E-state index in [9.17, 15) is 13.2 Å². The molecule has 0 aliphatic carbocycles. The summed E-state index contributed by atoms with van der Waals surface area (Å²) >= 11 is 1.27. The van der Waals surface area contributed by atoms with Gasteiger partial charge in [-0.3, -0.25) is 9.10 Å². The molecule has 1 N–H and O–H groups in total. The molecule has 1 heterocycles. The van der Waals surface area contributed by atoms with Crippen LogP contribution in [0.4, 0.5) is 10.8 Å². The number of carbonyl (C=O) groups excluding carboxylic acids is 1. The summed E-state index contributed by atoms with van der Waals surface area (Å²) in [6.07, 6.45) is 1.71. The number of anilines is 2. The third-order valence-corrected chi connectivity index (χ3v) is 6.87. The molecule has 0 unspecified atom stereocenters. The van der Waals surface area contributed by atoms with Crippen molar-refractivity contribution in [1.82, 2.24) is 10.2 Å². The largest absolute Gasteiger partial charge is 0.497 e. The summed E-state index contributed by atoms with van der Waals surface area (Å²) in [5.74, 6) is 0.507. The summed E-state index contributed by atoms with van der Waals surface area (Å²) in [4.78, 5) is 12.4. The van der Waals surface area contributed by atoms with Crippen LogP contribution in [0.2, 0.25) is 0 Å². The number of hydrogen-bond acceptors (Lipinski definition) is 7. The lowest BCUT2D eigenvalue weighted by molar-refractivity contribution is -0.116. The van der Waals surface area contributed by atoms with E-state index < -0.39 is 10.0 Å². The molecule has 8 nitrogen and oxygen atoms in total. The van der Waals surface area contributed by atoms with Gasteiger partial charge in [0.05, 0.1) is 19.1 Å². The van der Waals surface area contributed by atoms with E-state index in [4.69, 9.17) is 4.74 Å². The second-order valence-electron chi connectivity index (χ2n) is 7.42. The number of methoxy groups -OCH3 is 1. The molecule has 170 valence electrons. The Labute approximate surface area is 192 Å². The Morgan fingerprint density at radius 3 is 2.50 bits per heavy atom. The van der Waals surface area contributed by atoms with Gasteiger partial charge in [0.25, 0.3) is 0 Å². The van der Waals surface area contributed by atoms with Crippen molar-refractivity contribution in [1.29, 1.82) is 0 Å². The van der Waals surface area contributed by atoms with Gasteiger partial charge in [-0.2, -0.15) is 0 Å². The van der Waals surface area contributed by atoms with Crippen LogP contribution < -0.4 is 14.4 Å². The number of sulfonamides is 1. The Bertz CT molecular complexity index is 1190. The third kappa shape index (κ3) is 6.04. The summed E-state index contributed by atoms with van der Waals surface area (Å²) in [6, 6.07) is 13.1. The van der Waals surface area contributed by atoms with Crippen LogP contribution in [0.25, 0.3) is 10.6 Å². The van der Waals surface area contributed by atoms with Gasteiger partial charge in [0.2, 0.25) is 21.1 Å². The predicted octanol–water partition coefficient (Wildman–Crippen LogP) is 4.02. The van der Waals surface area contributed by atoms with Crippen LogP contribution in [-0.4, -0.2) is 44.4 Å². The van der Waals surface area contributed by atoms with Gasteiger partial charge in [0, 0.05) is 18.5 Å². The lowest BCUT2D eigenvalue weighted by Crippen LogP contribution is -2.32. The fourth-order valence-corrected chi connectivity index (χ4v) is 4.92. The zero-order valence-electron chi connectivity index (χ0n) is 18.5. The second-order valence-corrected chi connectivity index (χ2v) is 10.3. The summed E-state index contributed by atoms with van der Waals surface area (Å²) in [5, 5.41) is 12.0. The number of aryl methyl sites for hydroxylation is 2. The second kappa shape index (κ2) is 10.1. The number of nitrogens with zero attached hydrogens (tertiary/aromatic N) is 3. The Kier molecular flexibility index (Phi) is 7.47. The number of ether oxygens (including phenoxy) is 1. The van der Waals surface area contributed by atoms with E-state index in [1.807, 2.05) is 56.3 Å². The molecule has 0 saturated carbocycles. The first-order chi connectivity index (χ1) is 15.2. The Balaban J connectivity index is 1.59. The molecule has 3 aromatic rings. The molecule has 0 atom stereocenters. The highest BCUT2D eigenvalue weighted by molar-refractivity contribution is 7.92. The molecule has 1 aromatic heterocycles. The molecule has 10 heteroatoms. The van der Waals surface area contributed by atoms with Gasteiger partial charge in [0.15, 0.2) is 0 Å².